The molecule has 1 amide bonds. The van der Waals surface area contributed by atoms with Gasteiger partial charge in [0, 0.05) is 11.9 Å². The summed E-state index contributed by atoms with van der Waals surface area (Å²) in [6, 6.07) is 3.82. The molecule has 2 aromatic rings. The third-order valence-electron chi connectivity index (χ3n) is 2.76. The molecule has 0 atom stereocenters. The molecule has 0 saturated heterocycles. The van der Waals surface area contributed by atoms with Gasteiger partial charge < -0.3 is 15.4 Å². The smallest absolute Gasteiger partial charge is 0.290 e. The van der Waals surface area contributed by atoms with Crippen molar-refractivity contribution in [2.24, 2.45) is 0 Å². The summed E-state index contributed by atoms with van der Waals surface area (Å²) in [7, 11) is 0. The first kappa shape index (κ1) is 16.4. The molecule has 0 aromatic carbocycles. The summed E-state index contributed by atoms with van der Waals surface area (Å²) >= 11 is 0. The minimum Gasteiger partial charge on any atom is -0.483 e. The zero-order valence-electron chi connectivity index (χ0n) is 12.0. The summed E-state index contributed by atoms with van der Waals surface area (Å²) in [5.41, 5.74) is 2.83. The molecular formula is C14H18N4O3. The molecule has 0 spiro atoms. The predicted octanol–water partition coefficient (Wildman–Crippen LogP) is 1.56. The van der Waals surface area contributed by atoms with Gasteiger partial charge in [0.2, 0.25) is 5.91 Å². The molecule has 0 unspecified atom stereocenters. The van der Waals surface area contributed by atoms with E-state index < -0.39 is 0 Å². The number of aryl methyl sites for hydroxylation is 2. The third-order valence-corrected chi connectivity index (χ3v) is 2.76. The molecule has 2 aromatic heterocycles. The fourth-order valence-electron chi connectivity index (χ4n) is 1.67. The maximum Gasteiger partial charge on any atom is 0.290 e. The number of carbonyl (C=O) groups is 2. The quantitative estimate of drug-likeness (QED) is 0.740. The van der Waals surface area contributed by atoms with E-state index in [9.17, 15) is 4.79 Å². The Hall–Kier alpha value is -2.70. The van der Waals surface area contributed by atoms with Crippen LogP contribution >= 0.6 is 0 Å². The van der Waals surface area contributed by atoms with Crippen LogP contribution in [-0.2, 0) is 22.4 Å². The lowest BCUT2D eigenvalue weighted by atomic mass is 10.2. The van der Waals surface area contributed by atoms with Gasteiger partial charge in [-0.05, 0) is 31.0 Å². The van der Waals surface area contributed by atoms with E-state index in [4.69, 9.17) is 9.90 Å². The van der Waals surface area contributed by atoms with E-state index in [1.54, 1.807) is 12.5 Å². The standard InChI is InChI=1S/C13H16N4O.CH2O2/c1-3-10-4-5-14-12(6-10)17-13(18)7-11-9(2)15-8-16-11;2-1-3/h4-6,8H,3,7H2,1-2H3,(H,15,16)(H,14,17,18);1H,(H,2,3). The molecular weight excluding hydrogens is 272 g/mol. The number of aromatic nitrogens is 3. The van der Waals surface area contributed by atoms with E-state index in [-0.39, 0.29) is 18.8 Å². The molecule has 0 saturated carbocycles. The fraction of sp³-hybridized carbons (Fsp3) is 0.286. The molecule has 2 rings (SSSR count). The molecule has 0 aliphatic rings. The van der Waals surface area contributed by atoms with Crippen molar-refractivity contribution < 1.29 is 14.7 Å². The first-order chi connectivity index (χ1) is 10.1. The zero-order chi connectivity index (χ0) is 15.7. The van der Waals surface area contributed by atoms with Gasteiger partial charge in [-0.1, -0.05) is 6.92 Å². The number of pyridine rings is 1. The number of hydrogen-bond donors (Lipinski definition) is 3. The van der Waals surface area contributed by atoms with Gasteiger partial charge in [-0.15, -0.1) is 0 Å². The number of imidazole rings is 1. The second-order valence-electron chi connectivity index (χ2n) is 4.21. The largest absolute Gasteiger partial charge is 0.483 e. The van der Waals surface area contributed by atoms with Gasteiger partial charge in [0.1, 0.15) is 5.82 Å². The van der Waals surface area contributed by atoms with Crippen LogP contribution < -0.4 is 5.32 Å². The van der Waals surface area contributed by atoms with Crippen LogP contribution in [0.25, 0.3) is 0 Å². The number of amides is 1. The fourth-order valence-corrected chi connectivity index (χ4v) is 1.67. The van der Waals surface area contributed by atoms with Crippen molar-refractivity contribution >= 4 is 18.2 Å². The summed E-state index contributed by atoms with van der Waals surface area (Å²) in [5.74, 6) is 0.485. The Morgan fingerprint density at radius 1 is 1.48 bits per heavy atom. The lowest BCUT2D eigenvalue weighted by Gasteiger charge is -2.05. The van der Waals surface area contributed by atoms with Gasteiger partial charge in [-0.25, -0.2) is 9.97 Å². The average molecular weight is 290 g/mol. The highest BCUT2D eigenvalue weighted by Gasteiger charge is 2.09. The second-order valence-corrected chi connectivity index (χ2v) is 4.21. The molecule has 0 fully saturated rings. The normalized spacial score (nSPS) is 9.43. The Morgan fingerprint density at radius 2 is 2.19 bits per heavy atom. The van der Waals surface area contributed by atoms with Crippen molar-refractivity contribution in [1.82, 2.24) is 15.0 Å². The lowest BCUT2D eigenvalue weighted by molar-refractivity contribution is -0.123. The van der Waals surface area contributed by atoms with Crippen LogP contribution in [0, 0.1) is 6.92 Å². The van der Waals surface area contributed by atoms with Crippen molar-refractivity contribution in [2.75, 3.05) is 5.32 Å². The van der Waals surface area contributed by atoms with Crippen LogP contribution in [-0.4, -0.2) is 32.4 Å². The zero-order valence-corrected chi connectivity index (χ0v) is 12.0. The van der Waals surface area contributed by atoms with Gasteiger partial charge >= 0.3 is 0 Å². The number of hydrogen-bond acceptors (Lipinski definition) is 4. The molecule has 0 aliphatic heterocycles. The summed E-state index contributed by atoms with van der Waals surface area (Å²) in [5, 5.41) is 9.67. The first-order valence-corrected chi connectivity index (χ1v) is 6.42. The third kappa shape index (κ3) is 5.43. The molecule has 7 heteroatoms. The molecule has 21 heavy (non-hydrogen) atoms. The Kier molecular flexibility index (Phi) is 6.59. The minimum absolute atomic E-state index is 0.106. The highest BCUT2D eigenvalue weighted by molar-refractivity contribution is 5.91. The van der Waals surface area contributed by atoms with Crippen LogP contribution in [0.5, 0.6) is 0 Å². The van der Waals surface area contributed by atoms with Gasteiger partial charge in [-0.2, -0.15) is 0 Å². The highest BCUT2D eigenvalue weighted by atomic mass is 16.3. The van der Waals surface area contributed by atoms with Crippen molar-refractivity contribution in [2.45, 2.75) is 26.7 Å². The number of rotatable bonds is 4. The average Bonchev–Trinajstić information content (AvgIpc) is 2.85. The van der Waals surface area contributed by atoms with Crippen molar-refractivity contribution in [3.8, 4) is 0 Å². The van der Waals surface area contributed by atoms with Crippen molar-refractivity contribution in [1.29, 1.82) is 0 Å². The Bertz CT molecular complexity index is 595. The number of anilines is 1. The van der Waals surface area contributed by atoms with Gasteiger partial charge in [0.25, 0.3) is 6.47 Å². The highest BCUT2D eigenvalue weighted by Crippen LogP contribution is 2.08. The summed E-state index contributed by atoms with van der Waals surface area (Å²) in [4.78, 5) is 31.4. The van der Waals surface area contributed by atoms with Crippen LogP contribution in [0.2, 0.25) is 0 Å². The van der Waals surface area contributed by atoms with Crippen LogP contribution in [0.15, 0.2) is 24.7 Å². The number of H-pyrrole nitrogens is 1. The van der Waals surface area contributed by atoms with E-state index in [2.05, 4.69) is 27.2 Å². The molecule has 2 heterocycles. The Morgan fingerprint density at radius 3 is 2.76 bits per heavy atom. The summed E-state index contributed by atoms with van der Waals surface area (Å²) in [6.07, 6.45) is 4.47. The van der Waals surface area contributed by atoms with E-state index in [0.29, 0.717) is 5.82 Å². The number of aromatic amines is 1. The van der Waals surface area contributed by atoms with E-state index in [1.807, 2.05) is 19.1 Å². The molecule has 7 nitrogen and oxygen atoms in total. The molecule has 112 valence electrons. The van der Waals surface area contributed by atoms with Crippen LogP contribution in [0.1, 0.15) is 23.9 Å². The number of nitrogens with one attached hydrogen (secondary N) is 2. The summed E-state index contributed by atoms with van der Waals surface area (Å²) < 4.78 is 0. The summed E-state index contributed by atoms with van der Waals surface area (Å²) in [6.45, 7) is 3.71. The SMILES string of the molecule is CCc1ccnc(NC(=O)Cc2nc[nH]c2C)c1.O=CO. The van der Waals surface area contributed by atoms with E-state index >= 15 is 0 Å². The molecule has 0 radical (unpaired) electrons. The number of nitrogens with zero attached hydrogens (tertiary/aromatic N) is 2. The van der Waals surface area contributed by atoms with Crippen molar-refractivity contribution in [3.63, 3.8) is 0 Å². The maximum atomic E-state index is 11.8. The van der Waals surface area contributed by atoms with E-state index in [1.165, 1.54) is 0 Å². The number of carboxylic acid groups (broad SMARTS) is 1. The molecule has 0 bridgehead atoms. The monoisotopic (exact) mass is 290 g/mol. The predicted molar refractivity (Wildman–Crippen MR) is 78.0 cm³/mol. The minimum atomic E-state index is -0.250. The molecule has 3 N–H and O–H groups in total. The van der Waals surface area contributed by atoms with Gasteiger partial charge in [0.05, 0.1) is 18.4 Å². The maximum absolute atomic E-state index is 11.8. The van der Waals surface area contributed by atoms with Gasteiger partial charge in [-0.3, -0.25) is 9.59 Å². The van der Waals surface area contributed by atoms with Crippen molar-refractivity contribution in [3.05, 3.63) is 41.6 Å². The second kappa shape index (κ2) is 8.47. The Labute approximate surface area is 122 Å². The number of carbonyl (C=O) groups excluding carboxylic acids is 1. The lowest BCUT2D eigenvalue weighted by Crippen LogP contribution is -2.16. The first-order valence-electron chi connectivity index (χ1n) is 6.42. The van der Waals surface area contributed by atoms with E-state index in [0.717, 1.165) is 23.4 Å². The van der Waals surface area contributed by atoms with Gasteiger partial charge in [0.15, 0.2) is 0 Å². The van der Waals surface area contributed by atoms with Crippen LogP contribution in [0.4, 0.5) is 5.82 Å². The molecule has 0 aliphatic carbocycles. The topological polar surface area (TPSA) is 108 Å². The Balaban J connectivity index is 0.000000677. The van der Waals surface area contributed by atoms with Crippen LogP contribution in [0.3, 0.4) is 0 Å².